The molecular formula is C15H22O2. The van der Waals surface area contributed by atoms with Crippen molar-refractivity contribution in [2.24, 2.45) is 0 Å². The van der Waals surface area contributed by atoms with Gasteiger partial charge in [0, 0.05) is 12.0 Å². The molecule has 0 heterocycles. The fourth-order valence-corrected chi connectivity index (χ4v) is 1.84. The molecule has 2 heteroatoms. The fraction of sp³-hybridized carbons (Fsp3) is 0.533. The summed E-state index contributed by atoms with van der Waals surface area (Å²) in [5, 5.41) is 0. The van der Waals surface area contributed by atoms with Crippen molar-refractivity contribution in [1.29, 1.82) is 0 Å². The summed E-state index contributed by atoms with van der Waals surface area (Å²) in [4.78, 5) is 11.9. The molecule has 0 aliphatic heterocycles. The number of hydrogen-bond acceptors (Lipinski definition) is 2. The average Bonchev–Trinajstić information content (AvgIpc) is 2.34. The zero-order chi connectivity index (χ0) is 12.8. The molecule has 0 radical (unpaired) electrons. The van der Waals surface area contributed by atoms with Crippen LogP contribution in [-0.4, -0.2) is 12.9 Å². The minimum absolute atomic E-state index is 0.233. The molecule has 0 aliphatic carbocycles. The molecule has 2 nitrogen and oxygen atoms in total. The topological polar surface area (TPSA) is 26.3 Å². The van der Waals surface area contributed by atoms with Crippen molar-refractivity contribution in [2.75, 3.05) is 7.11 Å². The summed E-state index contributed by atoms with van der Waals surface area (Å²) in [7, 11) is 1.67. The van der Waals surface area contributed by atoms with Crippen molar-refractivity contribution in [3.05, 3.63) is 29.3 Å². The van der Waals surface area contributed by atoms with Gasteiger partial charge in [-0.15, -0.1) is 0 Å². The molecule has 1 aromatic carbocycles. The summed E-state index contributed by atoms with van der Waals surface area (Å²) >= 11 is 0. The van der Waals surface area contributed by atoms with Crippen LogP contribution in [0.4, 0.5) is 0 Å². The fourth-order valence-electron chi connectivity index (χ4n) is 1.84. The molecule has 0 N–H and O–H groups in total. The number of unbranched alkanes of at least 4 members (excludes halogenated alkanes) is 1. The van der Waals surface area contributed by atoms with Crippen molar-refractivity contribution in [3.8, 4) is 5.75 Å². The van der Waals surface area contributed by atoms with Gasteiger partial charge < -0.3 is 4.74 Å². The number of ketones is 1. The Labute approximate surface area is 104 Å². The highest BCUT2D eigenvalue weighted by Gasteiger charge is 2.12. The van der Waals surface area contributed by atoms with E-state index in [1.165, 1.54) is 0 Å². The number of methoxy groups -OCH3 is 1. The Balaban J connectivity index is 2.95. The van der Waals surface area contributed by atoms with Crippen LogP contribution in [0, 0.1) is 0 Å². The maximum atomic E-state index is 11.9. The van der Waals surface area contributed by atoms with E-state index < -0.39 is 0 Å². The molecule has 0 amide bonds. The van der Waals surface area contributed by atoms with E-state index in [9.17, 15) is 4.79 Å². The highest BCUT2D eigenvalue weighted by molar-refractivity contribution is 5.96. The Morgan fingerprint density at radius 1 is 1.35 bits per heavy atom. The van der Waals surface area contributed by atoms with Crippen LogP contribution in [0.1, 0.15) is 61.9 Å². The molecule has 0 atom stereocenters. The standard InChI is InChI=1S/C15H22O2/c1-5-6-7-14(16)12-8-9-15(17-4)13(10-12)11(2)3/h8-11H,5-7H2,1-4H3. The summed E-state index contributed by atoms with van der Waals surface area (Å²) in [6, 6.07) is 5.73. The first-order valence-corrected chi connectivity index (χ1v) is 6.31. The van der Waals surface area contributed by atoms with Gasteiger partial charge in [0.05, 0.1) is 7.11 Å². The van der Waals surface area contributed by atoms with Crippen LogP contribution in [0.3, 0.4) is 0 Å². The number of rotatable bonds is 6. The van der Waals surface area contributed by atoms with E-state index >= 15 is 0 Å². The zero-order valence-corrected chi connectivity index (χ0v) is 11.2. The van der Waals surface area contributed by atoms with Gasteiger partial charge in [-0.2, -0.15) is 0 Å². The van der Waals surface area contributed by atoms with E-state index in [1.54, 1.807) is 7.11 Å². The lowest BCUT2D eigenvalue weighted by molar-refractivity contribution is 0.0979. The lowest BCUT2D eigenvalue weighted by Gasteiger charge is -2.13. The van der Waals surface area contributed by atoms with Crippen LogP contribution in [0.15, 0.2) is 18.2 Å². The molecule has 1 rings (SSSR count). The van der Waals surface area contributed by atoms with E-state index in [1.807, 2.05) is 18.2 Å². The Morgan fingerprint density at radius 2 is 2.06 bits per heavy atom. The number of Topliss-reactive ketones (excluding diaryl/α,β-unsaturated/α-hetero) is 1. The van der Waals surface area contributed by atoms with Crippen LogP contribution < -0.4 is 4.74 Å². The Kier molecular flexibility index (Phi) is 5.20. The maximum absolute atomic E-state index is 11.9. The lowest BCUT2D eigenvalue weighted by Crippen LogP contribution is -2.02. The quantitative estimate of drug-likeness (QED) is 0.690. The zero-order valence-electron chi connectivity index (χ0n) is 11.2. The van der Waals surface area contributed by atoms with Crippen LogP contribution in [-0.2, 0) is 0 Å². The van der Waals surface area contributed by atoms with Crippen LogP contribution >= 0.6 is 0 Å². The molecule has 0 fully saturated rings. The van der Waals surface area contributed by atoms with Gasteiger partial charge in [0.15, 0.2) is 5.78 Å². The number of carbonyl (C=O) groups is 1. The van der Waals surface area contributed by atoms with Crippen LogP contribution in [0.25, 0.3) is 0 Å². The van der Waals surface area contributed by atoms with Crippen molar-refractivity contribution in [1.82, 2.24) is 0 Å². The molecule has 0 aliphatic rings. The van der Waals surface area contributed by atoms with Gasteiger partial charge in [-0.3, -0.25) is 4.79 Å². The van der Waals surface area contributed by atoms with E-state index in [0.717, 1.165) is 29.7 Å². The second-order valence-electron chi connectivity index (χ2n) is 4.64. The molecule has 0 unspecified atom stereocenters. The minimum Gasteiger partial charge on any atom is -0.496 e. The third kappa shape index (κ3) is 3.58. The highest BCUT2D eigenvalue weighted by atomic mass is 16.5. The molecule has 1 aromatic rings. The second-order valence-corrected chi connectivity index (χ2v) is 4.64. The van der Waals surface area contributed by atoms with Gasteiger partial charge in [0.25, 0.3) is 0 Å². The third-order valence-corrected chi connectivity index (χ3v) is 2.93. The third-order valence-electron chi connectivity index (χ3n) is 2.93. The second kappa shape index (κ2) is 6.43. The predicted octanol–water partition coefficient (Wildman–Crippen LogP) is 4.19. The molecule has 0 aromatic heterocycles. The average molecular weight is 234 g/mol. The molecule has 0 saturated heterocycles. The molecular weight excluding hydrogens is 212 g/mol. The first-order chi connectivity index (χ1) is 8.10. The summed E-state index contributed by atoms with van der Waals surface area (Å²) < 4.78 is 5.31. The number of ether oxygens (including phenoxy) is 1. The highest BCUT2D eigenvalue weighted by Crippen LogP contribution is 2.27. The molecule has 0 saturated carbocycles. The molecule has 17 heavy (non-hydrogen) atoms. The Bertz CT molecular complexity index is 381. The number of benzene rings is 1. The van der Waals surface area contributed by atoms with Crippen LogP contribution in [0.2, 0.25) is 0 Å². The van der Waals surface area contributed by atoms with Gasteiger partial charge in [-0.05, 0) is 36.1 Å². The summed E-state index contributed by atoms with van der Waals surface area (Å²) in [5.74, 6) is 1.47. The predicted molar refractivity (Wildman–Crippen MR) is 70.9 cm³/mol. The molecule has 94 valence electrons. The first kappa shape index (κ1) is 13.8. The van der Waals surface area contributed by atoms with E-state index in [0.29, 0.717) is 12.3 Å². The monoisotopic (exact) mass is 234 g/mol. The Hall–Kier alpha value is -1.31. The van der Waals surface area contributed by atoms with Crippen molar-refractivity contribution in [2.45, 2.75) is 46.0 Å². The van der Waals surface area contributed by atoms with Crippen molar-refractivity contribution in [3.63, 3.8) is 0 Å². The SMILES string of the molecule is CCCCC(=O)c1ccc(OC)c(C(C)C)c1. The summed E-state index contributed by atoms with van der Waals surface area (Å²) in [6.45, 7) is 6.32. The van der Waals surface area contributed by atoms with Gasteiger partial charge in [-0.1, -0.05) is 27.2 Å². The summed E-state index contributed by atoms with van der Waals surface area (Å²) in [6.07, 6.45) is 2.65. The maximum Gasteiger partial charge on any atom is 0.162 e. The van der Waals surface area contributed by atoms with Crippen molar-refractivity contribution < 1.29 is 9.53 Å². The minimum atomic E-state index is 0.233. The van der Waals surface area contributed by atoms with Crippen molar-refractivity contribution >= 4 is 5.78 Å². The number of carbonyl (C=O) groups excluding carboxylic acids is 1. The Morgan fingerprint density at radius 3 is 2.59 bits per heavy atom. The molecule has 0 bridgehead atoms. The van der Waals surface area contributed by atoms with Crippen LogP contribution in [0.5, 0.6) is 5.75 Å². The van der Waals surface area contributed by atoms with Gasteiger partial charge in [0.2, 0.25) is 0 Å². The van der Waals surface area contributed by atoms with Gasteiger partial charge >= 0.3 is 0 Å². The smallest absolute Gasteiger partial charge is 0.162 e. The van der Waals surface area contributed by atoms with E-state index in [2.05, 4.69) is 20.8 Å². The molecule has 0 spiro atoms. The lowest BCUT2D eigenvalue weighted by atomic mass is 9.96. The summed E-state index contributed by atoms with van der Waals surface area (Å²) in [5.41, 5.74) is 1.91. The van der Waals surface area contributed by atoms with Gasteiger partial charge in [-0.25, -0.2) is 0 Å². The largest absolute Gasteiger partial charge is 0.496 e. The number of hydrogen-bond donors (Lipinski definition) is 0. The van der Waals surface area contributed by atoms with E-state index in [-0.39, 0.29) is 5.78 Å². The normalized spacial score (nSPS) is 10.6. The first-order valence-electron chi connectivity index (χ1n) is 6.31. The van der Waals surface area contributed by atoms with Gasteiger partial charge in [0.1, 0.15) is 5.75 Å². The van der Waals surface area contributed by atoms with E-state index in [4.69, 9.17) is 4.74 Å².